The van der Waals surface area contributed by atoms with Crippen LogP contribution in [0.15, 0.2) is 68.8 Å². The third kappa shape index (κ3) is 5.81. The molecule has 1 heterocycles. The Morgan fingerprint density at radius 2 is 1.82 bits per heavy atom. The molecule has 33 heavy (non-hydrogen) atoms. The molecular weight excluding hydrogens is 503 g/mol. The monoisotopic (exact) mass is 523 g/mol. The molecule has 3 aromatic rings. The highest BCUT2D eigenvalue weighted by Crippen LogP contribution is 2.29. The number of hydrogen-bond acceptors (Lipinski definition) is 3. The van der Waals surface area contributed by atoms with Crippen molar-refractivity contribution >= 4 is 21.8 Å². The maximum atomic E-state index is 13.2. The summed E-state index contributed by atoms with van der Waals surface area (Å²) in [5.74, 6) is -0.731. The number of unbranched alkanes of at least 4 members (excludes halogenated alkanes) is 1. The Balaban J connectivity index is 2.07. The maximum absolute atomic E-state index is 13.2. The van der Waals surface area contributed by atoms with E-state index in [1.54, 1.807) is 18.2 Å². The van der Waals surface area contributed by atoms with Gasteiger partial charge in [0, 0.05) is 23.8 Å². The summed E-state index contributed by atoms with van der Waals surface area (Å²) in [6.07, 6.45) is -2.17. The van der Waals surface area contributed by atoms with Gasteiger partial charge in [-0.25, -0.2) is 9.36 Å². The summed E-state index contributed by atoms with van der Waals surface area (Å²) in [5.41, 5.74) is -2.62. The van der Waals surface area contributed by atoms with Gasteiger partial charge in [0.1, 0.15) is 5.56 Å². The predicted molar refractivity (Wildman–Crippen MR) is 122 cm³/mol. The molecule has 3 rings (SSSR count). The second-order valence-corrected chi connectivity index (χ2v) is 8.29. The van der Waals surface area contributed by atoms with Gasteiger partial charge in [0.05, 0.1) is 11.3 Å². The number of amides is 1. The Morgan fingerprint density at radius 1 is 1.09 bits per heavy atom. The molecule has 0 aliphatic rings. The Morgan fingerprint density at radius 3 is 2.48 bits per heavy atom. The van der Waals surface area contributed by atoms with Crippen LogP contribution in [0.25, 0.3) is 5.69 Å². The number of aromatic nitrogens is 2. The largest absolute Gasteiger partial charge is 0.416 e. The third-order valence-corrected chi connectivity index (χ3v) is 5.42. The molecule has 0 bridgehead atoms. The summed E-state index contributed by atoms with van der Waals surface area (Å²) in [4.78, 5) is 38.9. The minimum absolute atomic E-state index is 0.120. The lowest BCUT2D eigenvalue weighted by Crippen LogP contribution is -2.43. The van der Waals surface area contributed by atoms with Crippen molar-refractivity contribution in [3.8, 4) is 5.69 Å². The number of nitrogens with zero attached hydrogens (tertiary/aromatic N) is 2. The summed E-state index contributed by atoms with van der Waals surface area (Å²) in [6.45, 7) is 2.23. The van der Waals surface area contributed by atoms with Crippen LogP contribution in [0.5, 0.6) is 0 Å². The Labute approximate surface area is 195 Å². The first kappa shape index (κ1) is 24.5. The van der Waals surface area contributed by atoms with Crippen LogP contribution in [0.4, 0.5) is 13.2 Å². The SMILES string of the molecule is CCCCn1cc(C(=O)NCc2cccc(Br)c2)c(=O)n(-c2cccc(C(F)(F)F)c2)c1=O. The smallest absolute Gasteiger partial charge is 0.348 e. The zero-order chi connectivity index (χ0) is 24.2. The quantitative estimate of drug-likeness (QED) is 0.495. The van der Waals surface area contributed by atoms with Gasteiger partial charge in [0.25, 0.3) is 11.5 Å². The minimum atomic E-state index is -4.65. The van der Waals surface area contributed by atoms with Gasteiger partial charge in [-0.3, -0.25) is 14.2 Å². The van der Waals surface area contributed by atoms with E-state index in [1.165, 1.54) is 16.8 Å². The molecule has 0 unspecified atom stereocenters. The van der Waals surface area contributed by atoms with E-state index in [4.69, 9.17) is 0 Å². The first-order chi connectivity index (χ1) is 15.6. The van der Waals surface area contributed by atoms with E-state index < -0.39 is 28.9 Å². The molecule has 0 aliphatic heterocycles. The summed E-state index contributed by atoms with van der Waals surface area (Å²) in [7, 11) is 0. The Kier molecular flexibility index (Phi) is 7.57. The maximum Gasteiger partial charge on any atom is 0.416 e. The van der Waals surface area contributed by atoms with Gasteiger partial charge < -0.3 is 5.32 Å². The number of carbonyl (C=O) groups excluding carboxylic acids is 1. The van der Waals surface area contributed by atoms with Crippen LogP contribution in [-0.4, -0.2) is 15.0 Å². The Hall–Kier alpha value is -3.14. The van der Waals surface area contributed by atoms with Crippen molar-refractivity contribution in [2.75, 3.05) is 0 Å². The molecule has 0 aliphatic carbocycles. The van der Waals surface area contributed by atoms with Crippen LogP contribution in [0.2, 0.25) is 0 Å². The second-order valence-electron chi connectivity index (χ2n) is 7.37. The van der Waals surface area contributed by atoms with Gasteiger partial charge in [-0.15, -0.1) is 0 Å². The normalized spacial score (nSPS) is 11.4. The first-order valence-electron chi connectivity index (χ1n) is 10.2. The molecule has 0 fully saturated rings. The number of rotatable bonds is 7. The van der Waals surface area contributed by atoms with E-state index in [9.17, 15) is 27.6 Å². The van der Waals surface area contributed by atoms with Crippen LogP contribution < -0.4 is 16.6 Å². The van der Waals surface area contributed by atoms with Crippen molar-refractivity contribution < 1.29 is 18.0 Å². The lowest BCUT2D eigenvalue weighted by molar-refractivity contribution is -0.137. The molecule has 0 radical (unpaired) electrons. The zero-order valence-corrected chi connectivity index (χ0v) is 19.2. The van der Waals surface area contributed by atoms with Gasteiger partial charge in [-0.2, -0.15) is 13.2 Å². The molecule has 0 atom stereocenters. The van der Waals surface area contributed by atoms with Crippen LogP contribution in [0, 0.1) is 0 Å². The van der Waals surface area contributed by atoms with E-state index in [0.717, 1.165) is 34.7 Å². The van der Waals surface area contributed by atoms with Crippen LogP contribution in [0.3, 0.4) is 0 Å². The number of halogens is 4. The molecule has 2 aromatic carbocycles. The van der Waals surface area contributed by atoms with Gasteiger partial charge in [-0.1, -0.05) is 47.5 Å². The zero-order valence-electron chi connectivity index (χ0n) is 17.7. The number of benzene rings is 2. The lowest BCUT2D eigenvalue weighted by atomic mass is 10.2. The summed E-state index contributed by atoms with van der Waals surface area (Å²) in [5, 5.41) is 2.63. The summed E-state index contributed by atoms with van der Waals surface area (Å²) < 4.78 is 42.2. The highest BCUT2D eigenvalue weighted by molar-refractivity contribution is 9.10. The second kappa shape index (κ2) is 10.2. The fourth-order valence-electron chi connectivity index (χ4n) is 3.22. The molecule has 1 aromatic heterocycles. The van der Waals surface area contributed by atoms with Crippen molar-refractivity contribution in [2.45, 2.75) is 39.0 Å². The molecule has 1 N–H and O–H groups in total. The van der Waals surface area contributed by atoms with E-state index in [0.29, 0.717) is 11.0 Å². The molecule has 10 heteroatoms. The van der Waals surface area contributed by atoms with Crippen molar-refractivity contribution in [2.24, 2.45) is 0 Å². The Bertz CT molecular complexity index is 1280. The average molecular weight is 524 g/mol. The molecular formula is C23H21BrF3N3O3. The van der Waals surface area contributed by atoms with E-state index in [1.807, 2.05) is 13.0 Å². The molecule has 6 nitrogen and oxygen atoms in total. The van der Waals surface area contributed by atoms with E-state index in [2.05, 4.69) is 21.2 Å². The number of aryl methyl sites for hydroxylation is 1. The number of alkyl halides is 3. The fraction of sp³-hybridized carbons (Fsp3) is 0.261. The standard InChI is InChI=1S/C23H21BrF3N3O3/c1-2-3-10-29-14-19(20(31)28-13-15-6-4-8-17(24)11-15)21(32)30(22(29)33)18-9-5-7-16(12-18)23(25,26)27/h4-9,11-12,14H,2-3,10,13H2,1H3,(H,28,31). The number of nitrogens with one attached hydrogen (secondary N) is 1. The number of hydrogen-bond donors (Lipinski definition) is 1. The highest BCUT2D eigenvalue weighted by Gasteiger charge is 2.31. The summed E-state index contributed by atoms with van der Waals surface area (Å²) in [6, 6.07) is 11.1. The van der Waals surface area contributed by atoms with E-state index >= 15 is 0 Å². The van der Waals surface area contributed by atoms with Crippen LogP contribution in [0.1, 0.15) is 41.3 Å². The number of carbonyl (C=O) groups is 1. The molecule has 0 saturated carbocycles. The van der Waals surface area contributed by atoms with Gasteiger partial charge in [-0.05, 0) is 42.3 Å². The fourth-order valence-corrected chi connectivity index (χ4v) is 3.67. The lowest BCUT2D eigenvalue weighted by Gasteiger charge is -2.14. The van der Waals surface area contributed by atoms with Crippen molar-refractivity contribution in [3.63, 3.8) is 0 Å². The topological polar surface area (TPSA) is 73.1 Å². The van der Waals surface area contributed by atoms with Gasteiger partial charge in [0.15, 0.2) is 0 Å². The van der Waals surface area contributed by atoms with Crippen LogP contribution >= 0.6 is 15.9 Å². The first-order valence-corrected chi connectivity index (χ1v) is 11.0. The molecule has 0 saturated heterocycles. The van der Waals surface area contributed by atoms with Crippen molar-refractivity contribution in [1.29, 1.82) is 0 Å². The van der Waals surface area contributed by atoms with Crippen molar-refractivity contribution in [3.05, 3.63) is 96.7 Å². The summed E-state index contributed by atoms with van der Waals surface area (Å²) >= 11 is 3.34. The van der Waals surface area contributed by atoms with Gasteiger partial charge >= 0.3 is 11.9 Å². The highest BCUT2D eigenvalue weighted by atomic mass is 79.9. The average Bonchev–Trinajstić information content (AvgIpc) is 2.77. The molecule has 1 amide bonds. The predicted octanol–water partition coefficient (Wildman–Crippen LogP) is 4.51. The van der Waals surface area contributed by atoms with Gasteiger partial charge in [0.2, 0.25) is 0 Å². The minimum Gasteiger partial charge on any atom is -0.348 e. The molecule has 174 valence electrons. The van der Waals surface area contributed by atoms with Crippen molar-refractivity contribution in [1.82, 2.24) is 14.5 Å². The van der Waals surface area contributed by atoms with Crippen LogP contribution in [-0.2, 0) is 19.3 Å². The third-order valence-electron chi connectivity index (χ3n) is 4.93. The van der Waals surface area contributed by atoms with E-state index in [-0.39, 0.29) is 24.3 Å². The molecule has 0 spiro atoms.